The highest BCUT2D eigenvalue weighted by atomic mass is 16.5. The van der Waals surface area contributed by atoms with Crippen LogP contribution in [0.1, 0.15) is 26.3 Å². The van der Waals surface area contributed by atoms with E-state index in [-0.39, 0.29) is 6.61 Å². The highest BCUT2D eigenvalue weighted by Crippen LogP contribution is 2.24. The standard InChI is InChI=1S/C13H16N2O4/c1-3-9(12(16)18-4-2)15-11-8(14)6-5-7-10(11)19-13(15)17/h5-7,9H,3-4,14H2,1-2H3. The first-order chi connectivity index (χ1) is 9.10. The van der Waals surface area contributed by atoms with Gasteiger partial charge in [0.05, 0.1) is 12.3 Å². The van der Waals surface area contributed by atoms with E-state index in [1.54, 1.807) is 32.0 Å². The van der Waals surface area contributed by atoms with Crippen molar-refractivity contribution in [1.82, 2.24) is 4.57 Å². The number of para-hydroxylation sites is 1. The van der Waals surface area contributed by atoms with Gasteiger partial charge in [-0.3, -0.25) is 4.57 Å². The van der Waals surface area contributed by atoms with Crippen molar-refractivity contribution < 1.29 is 13.9 Å². The zero-order valence-corrected chi connectivity index (χ0v) is 10.9. The molecule has 2 N–H and O–H groups in total. The van der Waals surface area contributed by atoms with Crippen LogP contribution < -0.4 is 11.5 Å². The topological polar surface area (TPSA) is 87.5 Å². The van der Waals surface area contributed by atoms with Crippen LogP contribution in [0.15, 0.2) is 27.4 Å². The molecule has 1 heterocycles. The smallest absolute Gasteiger partial charge is 0.420 e. The van der Waals surface area contributed by atoms with Crippen LogP contribution in [0, 0.1) is 0 Å². The van der Waals surface area contributed by atoms with Crippen molar-refractivity contribution in [2.75, 3.05) is 12.3 Å². The minimum atomic E-state index is -0.724. The van der Waals surface area contributed by atoms with Crippen molar-refractivity contribution in [3.63, 3.8) is 0 Å². The normalized spacial score (nSPS) is 12.5. The highest BCUT2D eigenvalue weighted by Gasteiger charge is 2.26. The van der Waals surface area contributed by atoms with Gasteiger partial charge in [0, 0.05) is 0 Å². The lowest BCUT2D eigenvalue weighted by Gasteiger charge is -2.14. The van der Waals surface area contributed by atoms with E-state index in [9.17, 15) is 9.59 Å². The molecule has 0 saturated heterocycles. The Morgan fingerprint density at radius 1 is 1.47 bits per heavy atom. The Bertz CT molecular complexity index is 656. The molecule has 6 heteroatoms. The predicted molar refractivity (Wildman–Crippen MR) is 70.8 cm³/mol. The number of esters is 1. The maximum absolute atomic E-state index is 11.9. The molecule has 1 aromatic heterocycles. The van der Waals surface area contributed by atoms with Crippen LogP contribution in [-0.2, 0) is 9.53 Å². The van der Waals surface area contributed by atoms with Gasteiger partial charge < -0.3 is 14.9 Å². The van der Waals surface area contributed by atoms with Crippen LogP contribution in [0.4, 0.5) is 5.69 Å². The lowest BCUT2D eigenvalue weighted by atomic mass is 10.2. The number of nitrogens with zero attached hydrogens (tertiary/aromatic N) is 1. The summed E-state index contributed by atoms with van der Waals surface area (Å²) >= 11 is 0. The van der Waals surface area contributed by atoms with Crippen molar-refractivity contribution in [2.45, 2.75) is 26.3 Å². The zero-order valence-electron chi connectivity index (χ0n) is 10.9. The summed E-state index contributed by atoms with van der Waals surface area (Å²) in [5.41, 5.74) is 7.07. The van der Waals surface area contributed by atoms with Crippen LogP contribution in [0.5, 0.6) is 0 Å². The van der Waals surface area contributed by atoms with Crippen molar-refractivity contribution in [1.29, 1.82) is 0 Å². The number of anilines is 1. The number of carbonyl (C=O) groups excluding carboxylic acids is 1. The van der Waals surface area contributed by atoms with Crippen molar-refractivity contribution in [3.8, 4) is 0 Å². The summed E-state index contributed by atoms with van der Waals surface area (Å²) < 4.78 is 11.4. The molecule has 0 fully saturated rings. The fraction of sp³-hybridized carbons (Fsp3) is 0.385. The zero-order chi connectivity index (χ0) is 14.0. The number of benzene rings is 1. The first-order valence-corrected chi connectivity index (χ1v) is 6.16. The van der Waals surface area contributed by atoms with Gasteiger partial charge in [-0.1, -0.05) is 13.0 Å². The molecular weight excluding hydrogens is 248 g/mol. The molecule has 19 heavy (non-hydrogen) atoms. The Hall–Kier alpha value is -2.24. The van der Waals surface area contributed by atoms with Gasteiger partial charge in [0.1, 0.15) is 11.6 Å². The SMILES string of the molecule is CCOC(=O)C(CC)n1c(=O)oc2cccc(N)c21. The molecule has 2 rings (SSSR count). The molecule has 1 unspecified atom stereocenters. The number of rotatable bonds is 4. The summed E-state index contributed by atoms with van der Waals surface area (Å²) in [6.07, 6.45) is 0.418. The van der Waals surface area contributed by atoms with Crippen LogP contribution in [0.3, 0.4) is 0 Å². The maximum atomic E-state index is 11.9. The minimum Gasteiger partial charge on any atom is -0.464 e. The minimum absolute atomic E-state index is 0.259. The second-order valence-electron chi connectivity index (χ2n) is 4.11. The molecule has 0 amide bonds. The molecule has 0 saturated carbocycles. The van der Waals surface area contributed by atoms with E-state index in [1.807, 2.05) is 0 Å². The molecule has 1 aromatic carbocycles. The number of carbonyl (C=O) groups is 1. The Morgan fingerprint density at radius 3 is 2.84 bits per heavy atom. The Morgan fingerprint density at radius 2 is 2.21 bits per heavy atom. The van der Waals surface area contributed by atoms with Gasteiger partial charge in [0.2, 0.25) is 0 Å². The average molecular weight is 264 g/mol. The summed E-state index contributed by atoms with van der Waals surface area (Å²) in [6.45, 7) is 3.77. The summed E-state index contributed by atoms with van der Waals surface area (Å²) in [5.74, 6) is -1.06. The van der Waals surface area contributed by atoms with Crippen molar-refractivity contribution in [3.05, 3.63) is 28.7 Å². The third-order valence-electron chi connectivity index (χ3n) is 2.92. The molecule has 0 aliphatic carbocycles. The second-order valence-corrected chi connectivity index (χ2v) is 4.11. The first-order valence-electron chi connectivity index (χ1n) is 6.16. The number of ether oxygens (including phenoxy) is 1. The Labute approximate surface area is 109 Å². The van der Waals surface area contributed by atoms with E-state index < -0.39 is 17.8 Å². The summed E-state index contributed by atoms with van der Waals surface area (Å²) in [7, 11) is 0. The number of hydrogen-bond donors (Lipinski definition) is 1. The van der Waals surface area contributed by atoms with Gasteiger partial charge in [-0.15, -0.1) is 0 Å². The summed E-state index contributed by atoms with van der Waals surface area (Å²) in [5, 5.41) is 0. The Kier molecular flexibility index (Phi) is 3.59. The van der Waals surface area contributed by atoms with Crippen molar-refractivity contribution >= 4 is 22.8 Å². The van der Waals surface area contributed by atoms with E-state index in [0.29, 0.717) is 23.2 Å². The molecule has 102 valence electrons. The number of aromatic nitrogens is 1. The monoisotopic (exact) mass is 264 g/mol. The second kappa shape index (κ2) is 5.17. The van der Waals surface area contributed by atoms with E-state index in [0.717, 1.165) is 0 Å². The molecule has 2 aromatic rings. The van der Waals surface area contributed by atoms with Crippen LogP contribution in [-0.4, -0.2) is 17.1 Å². The molecule has 0 bridgehead atoms. The summed E-state index contributed by atoms with van der Waals surface area (Å²) in [4.78, 5) is 23.8. The largest absolute Gasteiger partial charge is 0.464 e. The molecule has 0 radical (unpaired) electrons. The predicted octanol–water partition coefficient (Wildman–Crippen LogP) is 1.69. The van der Waals surface area contributed by atoms with Gasteiger partial charge >= 0.3 is 11.7 Å². The van der Waals surface area contributed by atoms with Crippen molar-refractivity contribution in [2.24, 2.45) is 0 Å². The third-order valence-corrected chi connectivity index (χ3v) is 2.92. The fourth-order valence-electron chi connectivity index (χ4n) is 2.09. The molecule has 0 aliphatic rings. The molecule has 1 atom stereocenters. The maximum Gasteiger partial charge on any atom is 0.420 e. The number of hydrogen-bond acceptors (Lipinski definition) is 5. The van der Waals surface area contributed by atoms with Gasteiger partial charge in [-0.25, -0.2) is 9.59 Å². The van der Waals surface area contributed by atoms with E-state index in [1.165, 1.54) is 4.57 Å². The molecule has 0 aliphatic heterocycles. The van der Waals surface area contributed by atoms with Crippen LogP contribution in [0.25, 0.3) is 11.1 Å². The Balaban J connectivity index is 2.63. The first kappa shape index (κ1) is 13.2. The fourth-order valence-corrected chi connectivity index (χ4v) is 2.09. The number of nitrogens with two attached hydrogens (primary N) is 1. The number of nitrogen functional groups attached to an aromatic ring is 1. The number of oxazole rings is 1. The van der Waals surface area contributed by atoms with Gasteiger partial charge in [0.25, 0.3) is 0 Å². The number of fused-ring (bicyclic) bond motifs is 1. The van der Waals surface area contributed by atoms with Crippen LogP contribution >= 0.6 is 0 Å². The van der Waals surface area contributed by atoms with E-state index >= 15 is 0 Å². The van der Waals surface area contributed by atoms with Crippen LogP contribution in [0.2, 0.25) is 0 Å². The quantitative estimate of drug-likeness (QED) is 0.670. The molecule has 6 nitrogen and oxygen atoms in total. The third kappa shape index (κ3) is 2.21. The van der Waals surface area contributed by atoms with E-state index in [4.69, 9.17) is 14.9 Å². The van der Waals surface area contributed by atoms with Gasteiger partial charge in [-0.2, -0.15) is 0 Å². The van der Waals surface area contributed by atoms with Gasteiger partial charge in [-0.05, 0) is 25.5 Å². The lowest BCUT2D eigenvalue weighted by Crippen LogP contribution is -2.28. The molecule has 0 spiro atoms. The summed E-state index contributed by atoms with van der Waals surface area (Å²) in [6, 6.07) is 4.27. The lowest BCUT2D eigenvalue weighted by molar-refractivity contribution is -0.147. The highest BCUT2D eigenvalue weighted by molar-refractivity contribution is 5.87. The molecular formula is C13H16N2O4. The van der Waals surface area contributed by atoms with Gasteiger partial charge in [0.15, 0.2) is 5.58 Å². The average Bonchev–Trinajstić information content (AvgIpc) is 2.69. The van der Waals surface area contributed by atoms with E-state index in [2.05, 4.69) is 0 Å².